The number of carboxylic acid groups (broad SMARTS) is 1. The van der Waals surface area contributed by atoms with Crippen molar-refractivity contribution in [2.24, 2.45) is 0 Å². The zero-order valence-corrected chi connectivity index (χ0v) is 18.5. The lowest BCUT2D eigenvalue weighted by Crippen LogP contribution is -2.28. The summed E-state index contributed by atoms with van der Waals surface area (Å²) in [5.74, 6) is -1.80. The molecule has 8 nitrogen and oxygen atoms in total. The number of nitrogens with one attached hydrogen (secondary N) is 1. The molecule has 172 valence electrons. The van der Waals surface area contributed by atoms with E-state index in [0.717, 1.165) is 31.2 Å². The van der Waals surface area contributed by atoms with Crippen molar-refractivity contribution in [3.63, 3.8) is 0 Å². The summed E-state index contributed by atoms with van der Waals surface area (Å²) in [6, 6.07) is 9.34. The molecule has 8 heteroatoms. The van der Waals surface area contributed by atoms with Gasteiger partial charge in [0.25, 0.3) is 11.5 Å². The van der Waals surface area contributed by atoms with E-state index in [0.29, 0.717) is 22.0 Å². The molecule has 1 aliphatic carbocycles. The van der Waals surface area contributed by atoms with Crippen LogP contribution in [0.25, 0.3) is 22.0 Å². The van der Waals surface area contributed by atoms with E-state index in [1.807, 2.05) is 30.3 Å². The van der Waals surface area contributed by atoms with Crippen LogP contribution in [-0.4, -0.2) is 38.2 Å². The molecule has 0 radical (unpaired) electrons. The minimum Gasteiger partial charge on any atom is -0.505 e. The van der Waals surface area contributed by atoms with Crippen LogP contribution in [0.4, 0.5) is 0 Å². The lowest BCUT2D eigenvalue weighted by molar-refractivity contribution is -0.137. The number of nitrogens with zero attached hydrogens (tertiary/aromatic N) is 2. The third kappa shape index (κ3) is 4.33. The third-order valence-electron chi connectivity index (χ3n) is 6.30. The molecule has 2 heterocycles. The second kappa shape index (κ2) is 9.44. The second-order valence-electron chi connectivity index (χ2n) is 8.45. The van der Waals surface area contributed by atoms with Gasteiger partial charge in [0.05, 0.1) is 17.3 Å². The first kappa shape index (κ1) is 22.5. The Bertz CT molecular complexity index is 1260. The number of aromatic nitrogens is 2. The van der Waals surface area contributed by atoms with Crippen molar-refractivity contribution in [2.75, 3.05) is 6.54 Å². The van der Waals surface area contributed by atoms with Gasteiger partial charge in [-0.25, -0.2) is 4.98 Å². The molecule has 1 aromatic carbocycles. The van der Waals surface area contributed by atoms with Crippen molar-refractivity contribution in [1.82, 2.24) is 14.9 Å². The first-order chi connectivity index (χ1) is 15.9. The number of carbonyl (C=O) groups is 2. The molecule has 0 saturated heterocycles. The molecule has 0 atom stereocenters. The van der Waals surface area contributed by atoms with Crippen molar-refractivity contribution < 1.29 is 19.8 Å². The van der Waals surface area contributed by atoms with E-state index in [1.165, 1.54) is 6.20 Å². The minimum atomic E-state index is -0.940. The highest BCUT2D eigenvalue weighted by atomic mass is 16.4. The van der Waals surface area contributed by atoms with Crippen LogP contribution >= 0.6 is 0 Å². The molecule has 0 bridgehead atoms. The van der Waals surface area contributed by atoms with Gasteiger partial charge in [0.2, 0.25) is 0 Å². The Balaban J connectivity index is 1.86. The van der Waals surface area contributed by atoms with Gasteiger partial charge in [0, 0.05) is 24.4 Å². The molecule has 1 amide bonds. The van der Waals surface area contributed by atoms with E-state index in [4.69, 9.17) is 5.11 Å². The van der Waals surface area contributed by atoms with Crippen molar-refractivity contribution in [3.8, 4) is 16.9 Å². The van der Waals surface area contributed by atoms with Crippen molar-refractivity contribution in [1.29, 1.82) is 0 Å². The van der Waals surface area contributed by atoms with E-state index >= 15 is 0 Å². The fraction of sp³-hybridized carbons (Fsp3) is 0.360. The lowest BCUT2D eigenvalue weighted by Gasteiger charge is -2.21. The Morgan fingerprint density at radius 3 is 2.55 bits per heavy atom. The number of carboxylic acids is 1. The van der Waals surface area contributed by atoms with Crippen LogP contribution in [0.5, 0.6) is 5.75 Å². The Hall–Kier alpha value is -3.68. The highest BCUT2D eigenvalue weighted by Crippen LogP contribution is 2.37. The molecular weight excluding hydrogens is 422 g/mol. The number of amides is 1. The van der Waals surface area contributed by atoms with E-state index < -0.39 is 11.9 Å². The van der Waals surface area contributed by atoms with Crippen molar-refractivity contribution in [2.45, 2.75) is 51.5 Å². The summed E-state index contributed by atoms with van der Waals surface area (Å²) in [6.45, 7) is 1.93. The first-order valence-electron chi connectivity index (χ1n) is 11.2. The quantitative estimate of drug-likeness (QED) is 0.472. The van der Waals surface area contributed by atoms with E-state index in [9.17, 15) is 19.5 Å². The molecule has 0 aliphatic heterocycles. The number of hydrogen-bond acceptors (Lipinski definition) is 5. The van der Waals surface area contributed by atoms with E-state index in [1.54, 1.807) is 11.5 Å². The maximum atomic E-state index is 13.7. The van der Waals surface area contributed by atoms with Crippen molar-refractivity contribution >= 4 is 22.8 Å². The molecule has 1 saturated carbocycles. The Morgan fingerprint density at radius 2 is 1.88 bits per heavy atom. The summed E-state index contributed by atoms with van der Waals surface area (Å²) >= 11 is 0. The number of pyridine rings is 2. The number of fused-ring (bicyclic) bond motifs is 1. The smallest absolute Gasteiger partial charge is 0.303 e. The maximum Gasteiger partial charge on any atom is 0.303 e. The van der Waals surface area contributed by atoms with Gasteiger partial charge in [0.15, 0.2) is 11.4 Å². The van der Waals surface area contributed by atoms with Gasteiger partial charge in [-0.2, -0.15) is 0 Å². The molecule has 2 aromatic heterocycles. The summed E-state index contributed by atoms with van der Waals surface area (Å²) in [4.78, 5) is 41.2. The highest BCUT2D eigenvalue weighted by Gasteiger charge is 2.27. The van der Waals surface area contributed by atoms with Gasteiger partial charge in [0.1, 0.15) is 0 Å². The molecule has 33 heavy (non-hydrogen) atoms. The largest absolute Gasteiger partial charge is 0.505 e. The number of rotatable bonds is 7. The van der Waals surface area contributed by atoms with Crippen LogP contribution in [-0.2, 0) is 4.79 Å². The predicted octanol–water partition coefficient (Wildman–Crippen LogP) is 3.79. The summed E-state index contributed by atoms with van der Waals surface area (Å²) in [6.07, 6.45) is 5.51. The number of hydrogen-bond donors (Lipinski definition) is 3. The Kier molecular flexibility index (Phi) is 6.44. The third-order valence-corrected chi connectivity index (χ3v) is 6.30. The summed E-state index contributed by atoms with van der Waals surface area (Å²) in [5.41, 5.74) is 2.11. The van der Waals surface area contributed by atoms with Crippen LogP contribution in [0, 0.1) is 6.92 Å². The van der Waals surface area contributed by atoms with Gasteiger partial charge in [-0.1, -0.05) is 43.2 Å². The standard InChI is InChI=1S/C25H27N3O5/c1-15-20(16-8-3-2-4-9-16)25(33)28(17-10-5-6-11-17)18-14-27-22(23(31)21(15)18)24(32)26-13-7-12-19(29)30/h2-4,8-9,14,17,31H,5-7,10-13H2,1H3,(H,26,32)(H,29,30). The zero-order chi connectivity index (χ0) is 23.5. The zero-order valence-electron chi connectivity index (χ0n) is 18.5. The lowest BCUT2D eigenvalue weighted by atomic mass is 9.97. The Morgan fingerprint density at radius 1 is 1.18 bits per heavy atom. The number of carbonyl (C=O) groups excluding carboxylic acids is 1. The van der Waals surface area contributed by atoms with Crippen LogP contribution in [0.2, 0.25) is 0 Å². The highest BCUT2D eigenvalue weighted by molar-refractivity contribution is 6.03. The summed E-state index contributed by atoms with van der Waals surface area (Å²) in [5, 5.41) is 22.9. The topological polar surface area (TPSA) is 122 Å². The molecular formula is C25H27N3O5. The van der Waals surface area contributed by atoms with Crippen LogP contribution < -0.4 is 10.9 Å². The number of benzene rings is 1. The van der Waals surface area contributed by atoms with E-state index in [-0.39, 0.29) is 42.4 Å². The summed E-state index contributed by atoms with van der Waals surface area (Å²) in [7, 11) is 0. The average molecular weight is 450 g/mol. The number of aliphatic carboxylic acids is 1. The molecule has 4 rings (SSSR count). The van der Waals surface area contributed by atoms with Gasteiger partial charge < -0.3 is 20.1 Å². The monoisotopic (exact) mass is 449 g/mol. The normalized spacial score (nSPS) is 14.0. The number of aryl methyl sites for hydroxylation is 1. The predicted molar refractivity (Wildman–Crippen MR) is 125 cm³/mol. The second-order valence-corrected chi connectivity index (χ2v) is 8.45. The minimum absolute atomic E-state index is 0.0138. The fourth-order valence-electron chi connectivity index (χ4n) is 4.72. The van der Waals surface area contributed by atoms with Crippen LogP contribution in [0.3, 0.4) is 0 Å². The van der Waals surface area contributed by atoms with Gasteiger partial charge in [-0.05, 0) is 37.3 Å². The van der Waals surface area contributed by atoms with Gasteiger partial charge in [-0.3, -0.25) is 14.4 Å². The molecule has 3 N–H and O–H groups in total. The van der Waals surface area contributed by atoms with Crippen LogP contribution in [0.1, 0.15) is 60.6 Å². The maximum absolute atomic E-state index is 13.7. The number of aromatic hydroxyl groups is 1. The van der Waals surface area contributed by atoms with Crippen molar-refractivity contribution in [3.05, 3.63) is 58.1 Å². The Labute approximate surface area is 190 Å². The van der Waals surface area contributed by atoms with Crippen LogP contribution in [0.15, 0.2) is 41.3 Å². The fourth-order valence-corrected chi connectivity index (χ4v) is 4.72. The molecule has 1 aliphatic rings. The molecule has 3 aromatic rings. The van der Waals surface area contributed by atoms with E-state index in [2.05, 4.69) is 10.3 Å². The molecule has 0 spiro atoms. The van der Waals surface area contributed by atoms with Gasteiger partial charge in [-0.15, -0.1) is 0 Å². The SMILES string of the molecule is Cc1c(-c2ccccc2)c(=O)n(C2CCCC2)c2cnc(C(=O)NCCCC(=O)O)c(O)c12. The average Bonchev–Trinajstić information content (AvgIpc) is 3.31. The first-order valence-corrected chi connectivity index (χ1v) is 11.2. The molecule has 1 fully saturated rings. The van der Waals surface area contributed by atoms with Gasteiger partial charge >= 0.3 is 5.97 Å². The molecule has 0 unspecified atom stereocenters. The summed E-state index contributed by atoms with van der Waals surface area (Å²) < 4.78 is 1.74.